The summed E-state index contributed by atoms with van der Waals surface area (Å²) >= 11 is 0. The van der Waals surface area contributed by atoms with Crippen LogP contribution in [0.25, 0.3) is 17.5 Å². The van der Waals surface area contributed by atoms with Gasteiger partial charge in [0.25, 0.3) is 0 Å². The van der Waals surface area contributed by atoms with Crippen LogP contribution in [0.3, 0.4) is 0 Å². The van der Waals surface area contributed by atoms with Crippen molar-refractivity contribution in [1.29, 1.82) is 0 Å². The highest BCUT2D eigenvalue weighted by Crippen LogP contribution is 2.28. The molecule has 0 radical (unpaired) electrons. The van der Waals surface area contributed by atoms with E-state index in [0.29, 0.717) is 5.92 Å². The summed E-state index contributed by atoms with van der Waals surface area (Å²) < 4.78 is 5.51. The molecule has 0 saturated heterocycles. The Morgan fingerprint density at radius 3 is 2.45 bits per heavy atom. The van der Waals surface area contributed by atoms with Crippen LogP contribution in [0.15, 0.2) is 73.6 Å². The van der Waals surface area contributed by atoms with Crippen molar-refractivity contribution in [3.05, 3.63) is 91.0 Å². The molecule has 1 aromatic heterocycles. The summed E-state index contributed by atoms with van der Waals surface area (Å²) in [6.07, 6.45) is 11.6. The van der Waals surface area contributed by atoms with Gasteiger partial charge in [0.05, 0.1) is 11.9 Å². The zero-order valence-electron chi connectivity index (χ0n) is 20.5. The average Bonchev–Trinajstić information content (AvgIpc) is 2.82. The number of pyridine rings is 1. The minimum Gasteiger partial charge on any atom is -0.465 e. The van der Waals surface area contributed by atoms with E-state index in [4.69, 9.17) is 9.73 Å². The normalized spacial score (nSPS) is 11.9. The third-order valence-electron chi connectivity index (χ3n) is 5.45. The summed E-state index contributed by atoms with van der Waals surface area (Å²) in [7, 11) is 0. The lowest BCUT2D eigenvalue weighted by Crippen LogP contribution is -2.18. The fourth-order valence-electron chi connectivity index (χ4n) is 3.85. The third-order valence-corrected chi connectivity index (χ3v) is 5.45. The van der Waals surface area contributed by atoms with Gasteiger partial charge in [0, 0.05) is 34.6 Å². The van der Waals surface area contributed by atoms with Crippen LogP contribution >= 0.6 is 0 Å². The second kappa shape index (κ2) is 13.2. The van der Waals surface area contributed by atoms with E-state index >= 15 is 0 Å². The predicted molar refractivity (Wildman–Crippen MR) is 143 cm³/mol. The molecular weight excluding hydrogens is 406 g/mol. The maximum absolute atomic E-state index is 5.51. The lowest BCUT2D eigenvalue weighted by atomic mass is 9.93. The molecule has 0 aliphatic heterocycles. The van der Waals surface area contributed by atoms with Gasteiger partial charge in [0.2, 0.25) is 0 Å². The lowest BCUT2D eigenvalue weighted by molar-refractivity contribution is 0.438. The van der Waals surface area contributed by atoms with Gasteiger partial charge in [-0.1, -0.05) is 64.6 Å². The van der Waals surface area contributed by atoms with Gasteiger partial charge in [-0.2, -0.15) is 0 Å². The Kier molecular flexibility index (Phi) is 10.4. The Bertz CT molecular complexity index is 1030. The van der Waals surface area contributed by atoms with Crippen molar-refractivity contribution >= 4 is 29.1 Å². The van der Waals surface area contributed by atoms with Gasteiger partial charge < -0.3 is 10.1 Å². The van der Waals surface area contributed by atoms with Gasteiger partial charge in [-0.05, 0) is 56.5 Å². The maximum Gasteiger partial charge on any atom is 0.129 e. The number of aromatic nitrogens is 1. The average molecular weight is 444 g/mol. The molecule has 2 rings (SSSR count). The topological polar surface area (TPSA) is 46.5 Å². The second-order valence-corrected chi connectivity index (χ2v) is 7.96. The number of hydrogen-bond donors (Lipinski definition) is 1. The first-order valence-electron chi connectivity index (χ1n) is 11.7. The molecular formula is C29H37N3O. The Hall–Kier alpha value is -3.40. The predicted octanol–water partition coefficient (Wildman–Crippen LogP) is 8.24. The molecule has 0 spiro atoms. The Labute approximate surface area is 199 Å². The van der Waals surface area contributed by atoms with E-state index in [1.165, 1.54) is 6.26 Å². The number of allylic oxidation sites excluding steroid dienone is 1. The highest BCUT2D eigenvalue weighted by Gasteiger charge is 2.13. The van der Waals surface area contributed by atoms with Crippen LogP contribution < -0.4 is 5.32 Å². The summed E-state index contributed by atoms with van der Waals surface area (Å²) in [6, 6.07) is 10.1. The SMILES string of the molecule is C=CO/C(=C\C)c1ccc(C=C)c(N=C(C)NC(=C)c2ccnc(C(CCC)CCC)c2)c1. The van der Waals surface area contributed by atoms with Crippen LogP contribution in [0.2, 0.25) is 0 Å². The zero-order valence-corrected chi connectivity index (χ0v) is 20.5. The van der Waals surface area contributed by atoms with Gasteiger partial charge >= 0.3 is 0 Å². The van der Waals surface area contributed by atoms with E-state index in [0.717, 1.165) is 71.0 Å². The maximum atomic E-state index is 5.51. The molecule has 1 heterocycles. The first-order valence-corrected chi connectivity index (χ1v) is 11.7. The van der Waals surface area contributed by atoms with Crippen molar-refractivity contribution in [2.45, 2.75) is 59.3 Å². The quantitative estimate of drug-likeness (QED) is 0.204. The second-order valence-electron chi connectivity index (χ2n) is 7.96. The van der Waals surface area contributed by atoms with Gasteiger partial charge in [0.1, 0.15) is 11.6 Å². The Morgan fingerprint density at radius 1 is 1.12 bits per heavy atom. The monoisotopic (exact) mass is 443 g/mol. The van der Waals surface area contributed by atoms with E-state index in [-0.39, 0.29) is 0 Å². The number of nitrogens with one attached hydrogen (secondary N) is 1. The van der Waals surface area contributed by atoms with Crippen molar-refractivity contribution < 1.29 is 4.74 Å². The summed E-state index contributed by atoms with van der Waals surface area (Å²) in [6.45, 7) is 20.1. The first kappa shape index (κ1) is 25.9. The van der Waals surface area contributed by atoms with E-state index in [1.807, 2.05) is 50.4 Å². The van der Waals surface area contributed by atoms with E-state index in [9.17, 15) is 0 Å². The zero-order chi connectivity index (χ0) is 24.2. The standard InChI is InChI=1S/C29H37N3O/c1-8-13-24(14-9-2)27-19-25(17-18-30-27)21(6)31-22(7)32-28-20-26(16-15-23(28)10-3)29(11-4)33-12-5/h10-12,15-20,24H,3,5-6,8-9,13-14H2,1-2,4,7H3,(H,31,32)/b29-11-. The summed E-state index contributed by atoms with van der Waals surface area (Å²) in [5, 5.41) is 3.35. The minimum atomic E-state index is 0.485. The fourth-order valence-corrected chi connectivity index (χ4v) is 3.85. The smallest absolute Gasteiger partial charge is 0.129 e. The lowest BCUT2D eigenvalue weighted by Gasteiger charge is -2.17. The Balaban J connectivity index is 2.27. The van der Waals surface area contributed by atoms with Crippen LogP contribution in [0.1, 0.15) is 81.7 Å². The van der Waals surface area contributed by atoms with Crippen LogP contribution in [0, 0.1) is 0 Å². The molecule has 0 atom stereocenters. The number of ether oxygens (including phenoxy) is 1. The van der Waals surface area contributed by atoms with Crippen LogP contribution in [-0.4, -0.2) is 10.8 Å². The van der Waals surface area contributed by atoms with Crippen molar-refractivity contribution in [2.24, 2.45) is 4.99 Å². The Morgan fingerprint density at radius 2 is 1.85 bits per heavy atom. The molecule has 0 saturated carbocycles. The van der Waals surface area contributed by atoms with E-state index < -0.39 is 0 Å². The largest absolute Gasteiger partial charge is 0.465 e. The molecule has 4 heteroatoms. The van der Waals surface area contributed by atoms with Gasteiger partial charge in [-0.25, -0.2) is 4.99 Å². The molecule has 0 bridgehead atoms. The fraction of sp³-hybridized carbons (Fsp3) is 0.310. The number of nitrogens with zero attached hydrogens (tertiary/aromatic N) is 2. The van der Waals surface area contributed by atoms with Crippen LogP contribution in [-0.2, 0) is 4.74 Å². The number of hydrogen-bond acceptors (Lipinski definition) is 3. The van der Waals surface area contributed by atoms with Gasteiger partial charge in [-0.15, -0.1) is 0 Å². The molecule has 0 fully saturated rings. The summed E-state index contributed by atoms with van der Waals surface area (Å²) in [4.78, 5) is 9.44. The number of amidine groups is 1. The molecule has 0 amide bonds. The molecule has 0 aliphatic carbocycles. The van der Waals surface area contributed by atoms with Crippen molar-refractivity contribution in [2.75, 3.05) is 0 Å². The molecule has 1 aromatic carbocycles. The van der Waals surface area contributed by atoms with Crippen LogP contribution in [0.4, 0.5) is 5.69 Å². The molecule has 0 unspecified atom stereocenters. The van der Waals surface area contributed by atoms with Crippen molar-refractivity contribution in [3.63, 3.8) is 0 Å². The van der Waals surface area contributed by atoms with E-state index in [1.54, 1.807) is 6.08 Å². The number of aliphatic imine (C=N–C) groups is 1. The molecule has 33 heavy (non-hydrogen) atoms. The molecule has 0 aliphatic rings. The number of benzene rings is 1. The molecule has 174 valence electrons. The van der Waals surface area contributed by atoms with Crippen molar-refractivity contribution in [3.8, 4) is 0 Å². The summed E-state index contributed by atoms with van der Waals surface area (Å²) in [5.74, 6) is 1.95. The molecule has 2 aromatic rings. The first-order chi connectivity index (χ1) is 16.0. The van der Waals surface area contributed by atoms with Gasteiger partial charge in [-0.3, -0.25) is 4.98 Å². The van der Waals surface area contributed by atoms with E-state index in [2.05, 4.69) is 50.0 Å². The van der Waals surface area contributed by atoms with Gasteiger partial charge in [0.15, 0.2) is 0 Å². The highest BCUT2D eigenvalue weighted by molar-refractivity contribution is 5.91. The van der Waals surface area contributed by atoms with Crippen molar-refractivity contribution in [1.82, 2.24) is 10.3 Å². The molecule has 1 N–H and O–H groups in total. The van der Waals surface area contributed by atoms with Crippen LogP contribution in [0.5, 0.6) is 0 Å². The number of rotatable bonds is 12. The third kappa shape index (κ3) is 7.31. The highest BCUT2D eigenvalue weighted by atomic mass is 16.5. The minimum absolute atomic E-state index is 0.485. The summed E-state index contributed by atoms with van der Waals surface area (Å²) in [5.41, 5.74) is 5.62. The molecule has 4 nitrogen and oxygen atoms in total.